The standard InChI is InChI=1S/C24H44BN2P2.Rh.H2/c1-21(2,3)28(22(4,5)6)17-26-19-15-13-14-16-20(19)27(25-26)18-29(23(7,8)9)24(10,11)12;;/h13-16H,17-18H2,1-12H3;;1H. The summed E-state index contributed by atoms with van der Waals surface area (Å²) in [7, 11) is 2.04. The monoisotopic (exact) mass is 538 g/mol. The average molecular weight is 538 g/mol. The van der Waals surface area contributed by atoms with E-state index in [-0.39, 0.29) is 36.7 Å². The molecule has 0 atom stereocenters. The van der Waals surface area contributed by atoms with Crippen molar-refractivity contribution in [1.82, 2.24) is 0 Å². The van der Waals surface area contributed by atoms with E-state index in [0.717, 1.165) is 12.6 Å². The van der Waals surface area contributed by atoms with Gasteiger partial charge in [0.15, 0.2) is 0 Å². The summed E-state index contributed by atoms with van der Waals surface area (Å²) in [5.74, 6) is 0. The van der Waals surface area contributed by atoms with E-state index in [1.54, 1.807) is 0 Å². The van der Waals surface area contributed by atoms with E-state index in [4.69, 9.17) is 0 Å². The fourth-order valence-electron chi connectivity index (χ4n) is 4.63. The zero-order valence-corrected chi connectivity index (χ0v) is 24.9. The first-order valence-electron chi connectivity index (χ1n) is 11.0. The molecule has 0 saturated heterocycles. The molecule has 0 bridgehead atoms. The van der Waals surface area contributed by atoms with Crippen LogP contribution < -0.4 is 9.62 Å². The van der Waals surface area contributed by atoms with Gasteiger partial charge in [0.1, 0.15) is 0 Å². The molecule has 1 aliphatic heterocycles. The van der Waals surface area contributed by atoms with Crippen LogP contribution >= 0.6 is 15.8 Å². The fourth-order valence-corrected chi connectivity index (χ4v) is 11.4. The quantitative estimate of drug-likeness (QED) is 0.282. The Hall–Kier alpha value is 0.368. The van der Waals surface area contributed by atoms with Crippen molar-refractivity contribution in [2.75, 3.05) is 22.2 Å². The summed E-state index contributed by atoms with van der Waals surface area (Å²) in [4.78, 5) is 5.10. The number of benzene rings is 1. The molecule has 1 aromatic rings. The molecule has 30 heavy (non-hydrogen) atoms. The van der Waals surface area contributed by atoms with Crippen molar-refractivity contribution < 1.29 is 20.9 Å². The van der Waals surface area contributed by atoms with Crippen molar-refractivity contribution in [2.24, 2.45) is 0 Å². The van der Waals surface area contributed by atoms with Crippen LogP contribution in [0.25, 0.3) is 0 Å². The Bertz CT molecular complexity index is 618. The summed E-state index contributed by atoms with van der Waals surface area (Å²) < 4.78 is 0. The Morgan fingerprint density at radius 3 is 1.13 bits per heavy atom. The van der Waals surface area contributed by atoms with Crippen LogP contribution in [0, 0.1) is 0 Å². The molecule has 2 rings (SSSR count). The normalized spacial score (nSPS) is 15.4. The Kier molecular flexibility index (Phi) is 9.18. The molecule has 1 aliphatic rings. The first kappa shape index (κ1) is 28.4. The molecule has 2 nitrogen and oxygen atoms in total. The molecule has 0 fully saturated rings. The molecule has 2 radical (unpaired) electrons. The molecule has 0 saturated carbocycles. The van der Waals surface area contributed by atoms with E-state index in [2.05, 4.69) is 125 Å². The van der Waals surface area contributed by atoms with Crippen molar-refractivity contribution in [3.63, 3.8) is 0 Å². The Balaban J connectivity index is 0.00000450. The van der Waals surface area contributed by atoms with Gasteiger partial charge in [-0.05, 0) is 32.8 Å². The number of hydrogen-bond donors (Lipinski definition) is 0. The number of para-hydroxylation sites is 2. The predicted octanol–water partition coefficient (Wildman–Crippen LogP) is 8.16. The molecule has 0 spiro atoms. The predicted molar refractivity (Wildman–Crippen MR) is 142 cm³/mol. The summed E-state index contributed by atoms with van der Waals surface area (Å²) in [6, 6.07) is 8.99. The van der Waals surface area contributed by atoms with Crippen LogP contribution in [0.1, 0.15) is 84.5 Å². The molecular formula is C24H46BN2P2Rh. The van der Waals surface area contributed by atoms with E-state index in [0.29, 0.717) is 20.6 Å². The summed E-state index contributed by atoms with van der Waals surface area (Å²) in [6.07, 6.45) is 2.25. The van der Waals surface area contributed by atoms with Gasteiger partial charge in [-0.25, -0.2) is 0 Å². The molecule has 1 aromatic carbocycles. The second kappa shape index (κ2) is 9.70. The number of anilines is 2. The fraction of sp³-hybridized carbons (Fsp3) is 0.750. The van der Waals surface area contributed by atoms with Crippen molar-refractivity contribution >= 4 is 34.8 Å². The largest absolute Gasteiger partial charge is 0.393 e. The van der Waals surface area contributed by atoms with Gasteiger partial charge in [-0.15, -0.1) is 0 Å². The zero-order valence-electron chi connectivity index (χ0n) is 21.4. The van der Waals surface area contributed by atoms with Crippen LogP contribution in [-0.4, -0.2) is 40.7 Å². The first-order valence-corrected chi connectivity index (χ1v) is 14.0. The summed E-state index contributed by atoms with van der Waals surface area (Å²) in [5, 5.41) is 1.31. The third-order valence-electron chi connectivity index (χ3n) is 5.61. The van der Waals surface area contributed by atoms with Gasteiger partial charge >= 0.3 is 7.55 Å². The SMILES string of the molecule is CC(C)(C)P(CN1[B]N(CP(C(C)(C)C)C(C)(C)C)c2ccccc21)C(C)(C)C.[HH].[Rh]. The average Bonchev–Trinajstić information content (AvgIpc) is 2.84. The molecular weight excluding hydrogens is 492 g/mol. The molecule has 174 valence electrons. The second-order valence-electron chi connectivity index (χ2n) is 12.4. The van der Waals surface area contributed by atoms with E-state index in [1.165, 1.54) is 11.4 Å². The van der Waals surface area contributed by atoms with E-state index >= 15 is 0 Å². The summed E-state index contributed by atoms with van der Waals surface area (Å²) in [5.41, 5.74) is 2.76. The van der Waals surface area contributed by atoms with Gasteiger partial charge in [0, 0.05) is 44.9 Å². The molecule has 0 aliphatic carbocycles. The van der Waals surface area contributed by atoms with Gasteiger partial charge in [0.05, 0.1) is 0 Å². The first-order chi connectivity index (χ1) is 12.9. The van der Waals surface area contributed by atoms with Crippen molar-refractivity contribution in [2.45, 2.75) is 104 Å². The Labute approximate surface area is 205 Å². The maximum absolute atomic E-state index is 2.55. The Morgan fingerprint density at radius 2 is 0.900 bits per heavy atom. The number of hydrogen-bond acceptors (Lipinski definition) is 2. The maximum atomic E-state index is 2.55. The van der Waals surface area contributed by atoms with Gasteiger partial charge in [0.2, 0.25) is 0 Å². The van der Waals surface area contributed by atoms with Crippen molar-refractivity contribution in [1.29, 1.82) is 0 Å². The van der Waals surface area contributed by atoms with Crippen LogP contribution in [0.2, 0.25) is 0 Å². The van der Waals surface area contributed by atoms with Crippen LogP contribution in [0.3, 0.4) is 0 Å². The third kappa shape index (κ3) is 6.93. The zero-order chi connectivity index (χ0) is 22.4. The molecule has 0 aromatic heterocycles. The van der Waals surface area contributed by atoms with Gasteiger partial charge < -0.3 is 9.62 Å². The molecule has 6 heteroatoms. The number of nitrogens with zero attached hydrogens (tertiary/aromatic N) is 2. The second-order valence-corrected chi connectivity index (χ2v) is 20.0. The molecule has 0 unspecified atom stereocenters. The topological polar surface area (TPSA) is 6.48 Å². The molecule has 0 N–H and O–H groups in total. The van der Waals surface area contributed by atoms with Crippen molar-refractivity contribution in [3.8, 4) is 0 Å². The minimum atomic E-state index is -0.189. The third-order valence-corrected chi connectivity index (χ3v) is 13.3. The molecule has 1 heterocycles. The minimum absolute atomic E-state index is 0. The minimum Gasteiger partial charge on any atom is -0.393 e. The van der Waals surface area contributed by atoms with Gasteiger partial charge in [-0.3, -0.25) is 0 Å². The summed E-state index contributed by atoms with van der Waals surface area (Å²) >= 11 is 0. The number of rotatable bonds is 4. The Morgan fingerprint density at radius 1 is 0.633 bits per heavy atom. The van der Waals surface area contributed by atoms with E-state index in [9.17, 15) is 0 Å². The molecule has 0 amide bonds. The van der Waals surface area contributed by atoms with Crippen molar-refractivity contribution in [3.05, 3.63) is 24.3 Å². The van der Waals surface area contributed by atoms with Crippen LogP contribution in [-0.2, 0) is 19.5 Å². The van der Waals surface area contributed by atoms with Gasteiger partial charge in [-0.1, -0.05) is 111 Å². The summed E-state index contributed by atoms with van der Waals surface area (Å²) in [6.45, 7) is 29.0. The van der Waals surface area contributed by atoms with Crippen LogP contribution in [0.5, 0.6) is 0 Å². The number of fused-ring (bicyclic) bond motifs is 1. The van der Waals surface area contributed by atoms with Gasteiger partial charge in [-0.2, -0.15) is 0 Å². The van der Waals surface area contributed by atoms with E-state index < -0.39 is 0 Å². The van der Waals surface area contributed by atoms with E-state index in [1.807, 2.05) is 0 Å². The van der Waals surface area contributed by atoms with Crippen LogP contribution in [0.4, 0.5) is 11.4 Å². The smallest absolute Gasteiger partial charge is 0.392 e. The maximum Gasteiger partial charge on any atom is 0.392 e. The van der Waals surface area contributed by atoms with Gasteiger partial charge in [0.25, 0.3) is 0 Å². The van der Waals surface area contributed by atoms with Crippen LogP contribution in [0.15, 0.2) is 24.3 Å².